The maximum atomic E-state index is 6.82. The summed E-state index contributed by atoms with van der Waals surface area (Å²) in [5.41, 5.74) is 2.16. The van der Waals surface area contributed by atoms with Crippen molar-refractivity contribution in [3.63, 3.8) is 0 Å². The molecular weight excluding hydrogens is 272 g/mol. The second kappa shape index (κ2) is 7.00. The molecule has 21 heavy (non-hydrogen) atoms. The van der Waals surface area contributed by atoms with Gasteiger partial charge in [-0.15, -0.1) is 0 Å². The average molecular weight is 309 g/mol. The molecule has 2 heteroatoms. The Morgan fingerprint density at radius 1 is 1.29 bits per heavy atom. The van der Waals surface area contributed by atoms with E-state index in [1.54, 1.807) is 5.57 Å². The molecule has 122 valence electrons. The highest BCUT2D eigenvalue weighted by Gasteiger charge is 2.47. The Labute approximate surface area is 133 Å². The van der Waals surface area contributed by atoms with Crippen LogP contribution in [-0.4, -0.2) is 14.4 Å². The molecule has 2 saturated carbocycles. The Balaban J connectivity index is 2.10. The van der Waals surface area contributed by atoms with Gasteiger partial charge in [-0.1, -0.05) is 44.8 Å². The Morgan fingerprint density at radius 3 is 2.71 bits per heavy atom. The fourth-order valence-electron chi connectivity index (χ4n) is 4.85. The van der Waals surface area contributed by atoms with Gasteiger partial charge in [-0.3, -0.25) is 0 Å². The highest BCUT2D eigenvalue weighted by atomic mass is 28.4. The summed E-state index contributed by atoms with van der Waals surface area (Å²) in [6, 6.07) is 1.33. The maximum Gasteiger partial charge on any atom is 0.187 e. The number of hydrogen-bond acceptors (Lipinski definition) is 1. The number of unbranched alkanes of at least 4 members (excludes halogenated alkanes) is 1. The van der Waals surface area contributed by atoms with Gasteiger partial charge in [0.05, 0.1) is 0 Å². The summed E-state index contributed by atoms with van der Waals surface area (Å²) in [6.07, 6.45) is 13.7. The van der Waals surface area contributed by atoms with Crippen molar-refractivity contribution in [2.24, 2.45) is 11.3 Å². The van der Waals surface area contributed by atoms with Gasteiger partial charge in [0, 0.05) is 6.10 Å². The van der Waals surface area contributed by atoms with Crippen LogP contribution in [0.15, 0.2) is 11.6 Å². The van der Waals surface area contributed by atoms with Crippen molar-refractivity contribution in [3.05, 3.63) is 11.6 Å². The van der Waals surface area contributed by atoms with E-state index in [0.717, 1.165) is 5.92 Å². The van der Waals surface area contributed by atoms with Crippen molar-refractivity contribution in [1.82, 2.24) is 0 Å². The minimum atomic E-state index is -1.47. The molecule has 0 bridgehead atoms. The van der Waals surface area contributed by atoms with Crippen LogP contribution in [0.2, 0.25) is 19.1 Å². The van der Waals surface area contributed by atoms with Crippen LogP contribution in [0.25, 0.3) is 0 Å². The lowest BCUT2D eigenvalue weighted by molar-refractivity contribution is -0.00649. The minimum Gasteiger partial charge on any atom is -0.414 e. The van der Waals surface area contributed by atoms with Crippen molar-refractivity contribution in [2.75, 3.05) is 0 Å². The first-order valence-electron chi connectivity index (χ1n) is 9.26. The van der Waals surface area contributed by atoms with Gasteiger partial charge in [0.1, 0.15) is 0 Å². The normalized spacial score (nSPS) is 35.8. The van der Waals surface area contributed by atoms with Gasteiger partial charge >= 0.3 is 0 Å². The minimum absolute atomic E-state index is 0.436. The molecule has 0 aromatic heterocycles. The van der Waals surface area contributed by atoms with E-state index in [1.807, 2.05) is 0 Å². The molecule has 0 radical (unpaired) electrons. The first-order valence-corrected chi connectivity index (χ1v) is 12.4. The van der Waals surface area contributed by atoms with Gasteiger partial charge in [-0.25, -0.2) is 0 Å². The van der Waals surface area contributed by atoms with Gasteiger partial charge in [0.2, 0.25) is 0 Å². The van der Waals surface area contributed by atoms with E-state index in [2.05, 4.69) is 39.9 Å². The molecule has 2 aliphatic carbocycles. The zero-order valence-electron chi connectivity index (χ0n) is 15.0. The van der Waals surface area contributed by atoms with Gasteiger partial charge in [-0.05, 0) is 69.5 Å². The molecule has 3 unspecified atom stereocenters. The monoisotopic (exact) mass is 308 g/mol. The molecule has 2 aliphatic rings. The highest BCUT2D eigenvalue weighted by Crippen LogP contribution is 2.54. The van der Waals surface area contributed by atoms with E-state index in [1.165, 1.54) is 57.4 Å². The number of hydrogen-bond donors (Lipinski definition) is 0. The third-order valence-electron chi connectivity index (χ3n) is 6.10. The SMILES string of the molecule is CC=C1CCCC2C(O[Si](C)(C)CCCC)CCCC12C. The lowest BCUT2D eigenvalue weighted by Gasteiger charge is -2.52. The van der Waals surface area contributed by atoms with Crippen LogP contribution in [0.3, 0.4) is 0 Å². The van der Waals surface area contributed by atoms with Crippen LogP contribution in [0.5, 0.6) is 0 Å². The molecule has 0 aromatic rings. The first kappa shape index (κ1) is 17.3. The average Bonchev–Trinajstić information content (AvgIpc) is 2.44. The quantitative estimate of drug-likeness (QED) is 0.427. The zero-order chi connectivity index (χ0) is 15.5. The van der Waals surface area contributed by atoms with E-state index in [9.17, 15) is 0 Å². The summed E-state index contributed by atoms with van der Waals surface area (Å²) in [5, 5.41) is 0. The fourth-order valence-corrected chi connectivity index (χ4v) is 7.28. The molecule has 2 fully saturated rings. The highest BCUT2D eigenvalue weighted by molar-refractivity contribution is 6.71. The van der Waals surface area contributed by atoms with E-state index < -0.39 is 8.32 Å². The summed E-state index contributed by atoms with van der Waals surface area (Å²) in [4.78, 5) is 0. The first-order chi connectivity index (χ1) is 9.93. The number of fused-ring (bicyclic) bond motifs is 1. The lowest BCUT2D eigenvalue weighted by atomic mass is 9.57. The van der Waals surface area contributed by atoms with Crippen LogP contribution in [0, 0.1) is 11.3 Å². The Bertz CT molecular complexity index is 374. The van der Waals surface area contributed by atoms with Crippen LogP contribution in [0.1, 0.15) is 72.1 Å². The van der Waals surface area contributed by atoms with Crippen molar-refractivity contribution in [3.8, 4) is 0 Å². The van der Waals surface area contributed by atoms with Gasteiger partial charge in [0.15, 0.2) is 8.32 Å². The summed E-state index contributed by atoms with van der Waals surface area (Å²) in [6.45, 7) is 11.9. The Hall–Kier alpha value is -0.0831. The summed E-state index contributed by atoms with van der Waals surface area (Å²) < 4.78 is 6.82. The predicted molar refractivity (Wildman–Crippen MR) is 95.1 cm³/mol. The van der Waals surface area contributed by atoms with Crippen molar-refractivity contribution >= 4 is 8.32 Å². The molecule has 2 rings (SSSR count). The van der Waals surface area contributed by atoms with Gasteiger partial charge in [-0.2, -0.15) is 0 Å². The molecule has 0 saturated heterocycles. The predicted octanol–water partition coefficient (Wildman–Crippen LogP) is 6.31. The molecule has 0 heterocycles. The van der Waals surface area contributed by atoms with E-state index in [4.69, 9.17) is 4.43 Å². The lowest BCUT2D eigenvalue weighted by Crippen LogP contribution is -2.48. The van der Waals surface area contributed by atoms with Crippen LogP contribution >= 0.6 is 0 Å². The molecule has 1 nitrogen and oxygen atoms in total. The van der Waals surface area contributed by atoms with E-state index in [0.29, 0.717) is 11.5 Å². The maximum absolute atomic E-state index is 6.82. The van der Waals surface area contributed by atoms with Gasteiger partial charge in [0.25, 0.3) is 0 Å². The fraction of sp³-hybridized carbons (Fsp3) is 0.895. The molecule has 3 atom stereocenters. The second-order valence-electron chi connectivity index (χ2n) is 8.14. The smallest absolute Gasteiger partial charge is 0.187 e. The summed E-state index contributed by atoms with van der Waals surface area (Å²) in [7, 11) is -1.47. The Kier molecular flexibility index (Phi) is 5.75. The topological polar surface area (TPSA) is 9.23 Å². The number of rotatable bonds is 5. The largest absolute Gasteiger partial charge is 0.414 e. The second-order valence-corrected chi connectivity index (χ2v) is 12.4. The molecule has 0 N–H and O–H groups in total. The Morgan fingerprint density at radius 2 is 2.05 bits per heavy atom. The van der Waals surface area contributed by atoms with Crippen molar-refractivity contribution in [2.45, 2.75) is 97.4 Å². The van der Waals surface area contributed by atoms with E-state index >= 15 is 0 Å². The van der Waals surface area contributed by atoms with Crippen LogP contribution in [0.4, 0.5) is 0 Å². The molecule has 0 aliphatic heterocycles. The molecular formula is C19H36OSi. The number of allylic oxidation sites excluding steroid dienone is 2. The zero-order valence-corrected chi connectivity index (χ0v) is 16.0. The third kappa shape index (κ3) is 3.82. The van der Waals surface area contributed by atoms with E-state index in [-0.39, 0.29) is 0 Å². The molecule has 0 amide bonds. The van der Waals surface area contributed by atoms with Crippen molar-refractivity contribution < 1.29 is 4.43 Å². The molecule has 0 aromatic carbocycles. The third-order valence-corrected chi connectivity index (χ3v) is 8.60. The summed E-state index contributed by atoms with van der Waals surface area (Å²) in [5.74, 6) is 0.777. The van der Waals surface area contributed by atoms with Crippen molar-refractivity contribution in [1.29, 1.82) is 0 Å². The summed E-state index contributed by atoms with van der Waals surface area (Å²) >= 11 is 0. The van der Waals surface area contributed by atoms with Gasteiger partial charge < -0.3 is 4.43 Å². The standard InChI is InChI=1S/C19H36OSi/c1-6-8-15-21(4,5)20-18-13-10-14-19(3)16(7-2)11-9-12-17(18)19/h7,17-18H,6,8-15H2,1-5H3. The molecule has 0 spiro atoms. The van der Waals surface area contributed by atoms with Crippen LogP contribution in [-0.2, 0) is 4.43 Å². The van der Waals surface area contributed by atoms with Crippen LogP contribution < -0.4 is 0 Å².